The summed E-state index contributed by atoms with van der Waals surface area (Å²) < 4.78 is 9.76. The van der Waals surface area contributed by atoms with E-state index in [0.29, 0.717) is 26.2 Å². The Kier molecular flexibility index (Phi) is 15.5. The fourth-order valence-corrected chi connectivity index (χ4v) is 3.59. The van der Waals surface area contributed by atoms with Crippen LogP contribution in [0.2, 0.25) is 0 Å². The van der Waals surface area contributed by atoms with E-state index in [0.717, 1.165) is 12.0 Å². The number of esters is 1. The zero-order valence-electron chi connectivity index (χ0n) is 19.2. The Bertz CT molecular complexity index is 581. The number of likely N-dealkylation sites (tertiary alicyclic amines) is 1. The average Bonchev–Trinajstić information content (AvgIpc) is 3.32. The number of carbonyl (C=O) groups is 2. The van der Waals surface area contributed by atoms with Gasteiger partial charge in [-0.1, -0.05) is 68.9 Å². The quantitative estimate of drug-likeness (QED) is 0.505. The minimum atomic E-state index is -0.374. The third kappa shape index (κ3) is 11.9. The molecular weight excluding hydrogens is 396 g/mol. The molecule has 176 valence electrons. The fourth-order valence-electron chi connectivity index (χ4n) is 3.59. The number of aliphatic hydroxyl groups is 1. The van der Waals surface area contributed by atoms with E-state index in [9.17, 15) is 9.59 Å². The molecule has 0 bridgehead atoms. The van der Waals surface area contributed by atoms with Gasteiger partial charge in [0.15, 0.2) is 0 Å². The average molecular weight is 437 g/mol. The molecule has 0 radical (unpaired) electrons. The number of aliphatic hydroxyl groups excluding tert-OH is 1. The van der Waals surface area contributed by atoms with Crippen molar-refractivity contribution in [3.8, 4) is 0 Å². The van der Waals surface area contributed by atoms with Crippen molar-refractivity contribution in [3.63, 3.8) is 0 Å². The molecule has 2 fully saturated rings. The summed E-state index contributed by atoms with van der Waals surface area (Å²) in [6.07, 6.45) is 10.6. The lowest BCUT2D eigenvalue weighted by molar-refractivity contribution is -0.150. The lowest BCUT2D eigenvalue weighted by atomic mass is 10.0. The van der Waals surface area contributed by atoms with Crippen LogP contribution in [0.25, 0.3) is 0 Å². The monoisotopic (exact) mass is 436 g/mol. The van der Waals surface area contributed by atoms with Gasteiger partial charge < -0.3 is 24.8 Å². The molecular formula is C24H40N2O5. The Morgan fingerprint density at radius 3 is 2.19 bits per heavy atom. The van der Waals surface area contributed by atoms with Crippen LogP contribution in [0.1, 0.15) is 56.9 Å². The highest BCUT2D eigenvalue weighted by molar-refractivity contribution is 5.86. The molecule has 31 heavy (non-hydrogen) atoms. The van der Waals surface area contributed by atoms with Crippen molar-refractivity contribution in [3.05, 3.63) is 35.9 Å². The number of hydrogen-bond acceptors (Lipinski definition) is 6. The van der Waals surface area contributed by atoms with Crippen molar-refractivity contribution < 1.29 is 24.2 Å². The third-order valence-electron chi connectivity index (χ3n) is 5.22. The van der Waals surface area contributed by atoms with Crippen LogP contribution in [-0.2, 0) is 25.7 Å². The van der Waals surface area contributed by atoms with Gasteiger partial charge in [0.2, 0.25) is 5.91 Å². The summed E-state index contributed by atoms with van der Waals surface area (Å²) in [5, 5.41) is 11.2. The molecule has 0 aromatic heterocycles. The van der Waals surface area contributed by atoms with Crippen molar-refractivity contribution >= 4 is 11.9 Å². The van der Waals surface area contributed by atoms with E-state index in [1.54, 1.807) is 11.9 Å². The van der Waals surface area contributed by atoms with Gasteiger partial charge in [-0.3, -0.25) is 4.79 Å². The summed E-state index contributed by atoms with van der Waals surface area (Å²) in [4.78, 5) is 24.4. The lowest BCUT2D eigenvalue weighted by Crippen LogP contribution is -2.44. The molecule has 1 atom stereocenters. The number of likely N-dealkylation sites (N-methyl/N-ethyl adjacent to an activating group) is 1. The van der Waals surface area contributed by atoms with E-state index in [1.807, 2.05) is 30.3 Å². The van der Waals surface area contributed by atoms with Gasteiger partial charge in [0.05, 0.1) is 33.5 Å². The van der Waals surface area contributed by atoms with Gasteiger partial charge in [-0.15, -0.1) is 0 Å². The summed E-state index contributed by atoms with van der Waals surface area (Å²) in [6, 6.07) is 9.53. The number of carbonyl (C=O) groups excluding carboxylic acids is 2. The van der Waals surface area contributed by atoms with Crippen LogP contribution in [0.4, 0.5) is 0 Å². The molecule has 1 heterocycles. The van der Waals surface area contributed by atoms with E-state index in [2.05, 4.69) is 10.1 Å². The Balaban J connectivity index is 0.000000250. The molecule has 1 unspecified atom stereocenters. The van der Waals surface area contributed by atoms with Crippen molar-refractivity contribution in [2.75, 3.05) is 40.5 Å². The highest BCUT2D eigenvalue weighted by atomic mass is 16.5. The molecule has 1 saturated heterocycles. The zero-order chi connectivity index (χ0) is 22.7. The molecule has 1 aromatic carbocycles. The normalized spacial score (nSPS) is 17.6. The predicted octanol–water partition coefficient (Wildman–Crippen LogP) is 2.91. The topological polar surface area (TPSA) is 88.1 Å². The lowest BCUT2D eigenvalue weighted by Gasteiger charge is -2.22. The van der Waals surface area contributed by atoms with Crippen molar-refractivity contribution in [1.29, 1.82) is 0 Å². The van der Waals surface area contributed by atoms with Crippen LogP contribution < -0.4 is 5.32 Å². The summed E-state index contributed by atoms with van der Waals surface area (Å²) >= 11 is 0. The van der Waals surface area contributed by atoms with Gasteiger partial charge in [0, 0.05) is 6.54 Å². The summed E-state index contributed by atoms with van der Waals surface area (Å²) in [5.74, 6) is -0.354. The number of ether oxygens (including phenoxy) is 2. The summed E-state index contributed by atoms with van der Waals surface area (Å²) in [7, 11) is 3.06. The number of rotatable bonds is 7. The smallest absolute Gasteiger partial charge is 0.328 e. The SMILES string of the molecule is C1CCCCC1.CNCC(=O)N1CCCC1C(=O)OC.OCCOCc1ccccc1. The first-order chi connectivity index (χ1) is 15.1. The maximum Gasteiger partial charge on any atom is 0.328 e. The van der Waals surface area contributed by atoms with E-state index in [4.69, 9.17) is 9.84 Å². The predicted molar refractivity (Wildman–Crippen MR) is 122 cm³/mol. The van der Waals surface area contributed by atoms with Crippen LogP contribution in [0.15, 0.2) is 30.3 Å². The largest absolute Gasteiger partial charge is 0.467 e. The Morgan fingerprint density at radius 2 is 1.68 bits per heavy atom. The Hall–Kier alpha value is -1.96. The van der Waals surface area contributed by atoms with Gasteiger partial charge in [-0.05, 0) is 25.5 Å². The Labute approximate surface area is 187 Å². The second-order valence-electron chi connectivity index (χ2n) is 7.68. The van der Waals surface area contributed by atoms with Crippen LogP contribution in [0.3, 0.4) is 0 Å². The second kappa shape index (κ2) is 17.7. The molecule has 1 aromatic rings. The number of nitrogens with one attached hydrogen (secondary N) is 1. The van der Waals surface area contributed by atoms with Crippen molar-refractivity contribution in [2.45, 2.75) is 64.0 Å². The maximum atomic E-state index is 11.5. The first-order valence-corrected chi connectivity index (χ1v) is 11.4. The number of hydrogen-bond donors (Lipinski definition) is 2. The zero-order valence-corrected chi connectivity index (χ0v) is 19.2. The van der Waals surface area contributed by atoms with Crippen LogP contribution in [0.5, 0.6) is 0 Å². The van der Waals surface area contributed by atoms with Crippen molar-refractivity contribution in [1.82, 2.24) is 10.2 Å². The molecule has 1 aliphatic heterocycles. The Morgan fingerprint density at radius 1 is 1.06 bits per heavy atom. The fraction of sp³-hybridized carbons (Fsp3) is 0.667. The number of amides is 1. The van der Waals surface area contributed by atoms with Gasteiger partial charge in [0.1, 0.15) is 6.04 Å². The van der Waals surface area contributed by atoms with E-state index in [1.165, 1.54) is 45.6 Å². The number of nitrogens with zero attached hydrogens (tertiary/aromatic N) is 1. The van der Waals surface area contributed by atoms with Gasteiger partial charge in [0.25, 0.3) is 0 Å². The van der Waals surface area contributed by atoms with Gasteiger partial charge in [-0.2, -0.15) is 0 Å². The van der Waals surface area contributed by atoms with Crippen LogP contribution in [-0.4, -0.2) is 68.4 Å². The highest BCUT2D eigenvalue weighted by Gasteiger charge is 2.34. The van der Waals surface area contributed by atoms with E-state index >= 15 is 0 Å². The molecule has 2 aliphatic rings. The van der Waals surface area contributed by atoms with Crippen molar-refractivity contribution in [2.24, 2.45) is 0 Å². The van der Waals surface area contributed by atoms with Gasteiger partial charge >= 0.3 is 5.97 Å². The second-order valence-corrected chi connectivity index (χ2v) is 7.68. The van der Waals surface area contributed by atoms with E-state index < -0.39 is 0 Å². The van der Waals surface area contributed by atoms with Crippen LogP contribution in [0, 0.1) is 0 Å². The minimum absolute atomic E-state index is 0.0413. The molecule has 1 saturated carbocycles. The molecule has 1 amide bonds. The molecule has 0 spiro atoms. The summed E-state index contributed by atoms with van der Waals surface area (Å²) in [6.45, 7) is 2.01. The van der Waals surface area contributed by atoms with Crippen LogP contribution >= 0.6 is 0 Å². The molecule has 1 aliphatic carbocycles. The number of benzene rings is 1. The first kappa shape index (κ1) is 27.1. The highest BCUT2D eigenvalue weighted by Crippen LogP contribution is 2.18. The standard InChI is InChI=1S/C9H16N2O3.C9H12O2.C6H12/c1-10-6-8(12)11-5-3-4-7(11)9(13)14-2;10-6-7-11-8-9-4-2-1-3-5-9;1-2-4-6-5-3-1/h7,10H,3-6H2,1-2H3;1-5,10H,6-8H2;1-6H2. The molecule has 2 N–H and O–H groups in total. The molecule has 7 heteroatoms. The first-order valence-electron chi connectivity index (χ1n) is 11.4. The third-order valence-corrected chi connectivity index (χ3v) is 5.22. The van der Waals surface area contributed by atoms with E-state index in [-0.39, 0.29) is 31.1 Å². The summed E-state index contributed by atoms with van der Waals surface area (Å²) in [5.41, 5.74) is 1.14. The maximum absolute atomic E-state index is 11.5. The number of methoxy groups -OCH3 is 1. The van der Waals surface area contributed by atoms with Gasteiger partial charge in [-0.25, -0.2) is 4.79 Å². The molecule has 3 rings (SSSR count). The molecule has 7 nitrogen and oxygen atoms in total. The minimum Gasteiger partial charge on any atom is -0.467 e.